The fraction of sp³-hybridized carbons (Fsp3) is 0.500. The number of hydrogen-bond donors (Lipinski definition) is 1. The van der Waals surface area contributed by atoms with Gasteiger partial charge in [0.05, 0.1) is 0 Å². The maximum absolute atomic E-state index is 3.34. The highest BCUT2D eigenvalue weighted by Crippen LogP contribution is 2.13. The predicted molar refractivity (Wildman–Crippen MR) is 63.6 cm³/mol. The number of likely N-dealkylation sites (N-methyl/N-ethyl adjacent to an activating group) is 1. The lowest BCUT2D eigenvalue weighted by Crippen LogP contribution is -2.26. The summed E-state index contributed by atoms with van der Waals surface area (Å²) in [6.45, 7) is 1.90. The fourth-order valence-corrected chi connectivity index (χ4v) is 2.18. The van der Waals surface area contributed by atoms with Crippen LogP contribution in [0.5, 0.6) is 0 Å². The van der Waals surface area contributed by atoms with Crippen molar-refractivity contribution in [1.29, 1.82) is 0 Å². The molecule has 1 unspecified atom stereocenters. The van der Waals surface area contributed by atoms with Gasteiger partial charge in [-0.3, -0.25) is 0 Å². The van der Waals surface area contributed by atoms with Crippen LogP contribution in [0.1, 0.15) is 24.6 Å². The quantitative estimate of drug-likeness (QED) is 0.732. The molecule has 76 valence electrons. The Bertz CT molecular complexity index is 292. The third-order valence-corrected chi connectivity index (χ3v) is 3.13. The van der Waals surface area contributed by atoms with Gasteiger partial charge in [-0.05, 0) is 38.3 Å². The molecule has 0 aliphatic heterocycles. The first-order valence-corrected chi connectivity index (χ1v) is 5.84. The van der Waals surface area contributed by atoms with Gasteiger partial charge in [-0.2, -0.15) is 0 Å². The minimum absolute atomic E-state index is 0.564. The van der Waals surface area contributed by atoms with Gasteiger partial charge in [-0.25, -0.2) is 0 Å². The lowest BCUT2D eigenvalue weighted by Gasteiger charge is -2.13. The van der Waals surface area contributed by atoms with E-state index in [1.54, 1.807) is 0 Å². The van der Waals surface area contributed by atoms with Crippen molar-refractivity contribution < 1.29 is 0 Å². The summed E-state index contributed by atoms with van der Waals surface area (Å²) < 4.78 is 0. The van der Waals surface area contributed by atoms with E-state index in [0.717, 1.165) is 19.3 Å². The molecule has 1 nitrogen and oxygen atoms in total. The highest BCUT2D eigenvalue weighted by atomic mass is 32.1. The average molecular weight is 207 g/mol. The van der Waals surface area contributed by atoms with Crippen LogP contribution in [0.25, 0.3) is 0 Å². The van der Waals surface area contributed by atoms with Crippen molar-refractivity contribution in [3.63, 3.8) is 0 Å². The molecule has 1 rings (SSSR count). The van der Waals surface area contributed by atoms with E-state index in [9.17, 15) is 0 Å². The summed E-state index contributed by atoms with van der Waals surface area (Å²) in [4.78, 5) is 1.45. The Morgan fingerprint density at radius 2 is 2.43 bits per heavy atom. The van der Waals surface area contributed by atoms with Gasteiger partial charge < -0.3 is 5.32 Å². The van der Waals surface area contributed by atoms with E-state index in [-0.39, 0.29) is 0 Å². The van der Waals surface area contributed by atoms with E-state index in [2.05, 4.69) is 34.7 Å². The van der Waals surface area contributed by atoms with E-state index in [4.69, 9.17) is 0 Å². The summed E-state index contributed by atoms with van der Waals surface area (Å²) in [6, 6.07) is 4.87. The molecule has 0 amide bonds. The summed E-state index contributed by atoms with van der Waals surface area (Å²) in [6.07, 6.45) is 3.25. The van der Waals surface area contributed by atoms with E-state index < -0.39 is 0 Å². The Morgan fingerprint density at radius 1 is 1.57 bits per heavy atom. The summed E-state index contributed by atoms with van der Waals surface area (Å²) in [5.41, 5.74) is 0. The molecule has 0 saturated carbocycles. The maximum atomic E-state index is 3.34. The van der Waals surface area contributed by atoms with Crippen LogP contribution in [-0.2, 0) is 6.42 Å². The lowest BCUT2D eigenvalue weighted by molar-refractivity contribution is 0.531. The molecule has 1 aromatic rings. The summed E-state index contributed by atoms with van der Waals surface area (Å²) >= 11 is 1.83. The molecule has 1 heterocycles. The molecule has 0 aliphatic rings. The van der Waals surface area contributed by atoms with Gasteiger partial charge >= 0.3 is 0 Å². The van der Waals surface area contributed by atoms with Gasteiger partial charge in [0.25, 0.3) is 0 Å². The van der Waals surface area contributed by atoms with E-state index in [1.165, 1.54) is 4.88 Å². The van der Waals surface area contributed by atoms with Gasteiger partial charge in [0, 0.05) is 17.3 Å². The molecule has 1 aromatic heterocycles. The van der Waals surface area contributed by atoms with Crippen LogP contribution in [-0.4, -0.2) is 13.1 Å². The predicted octanol–water partition coefficient (Wildman–Crippen LogP) is 2.68. The van der Waals surface area contributed by atoms with Crippen LogP contribution >= 0.6 is 11.3 Å². The van der Waals surface area contributed by atoms with Crippen molar-refractivity contribution in [3.05, 3.63) is 22.4 Å². The number of hydrogen-bond acceptors (Lipinski definition) is 2. The number of rotatable bonds is 5. The first-order valence-electron chi connectivity index (χ1n) is 4.96. The van der Waals surface area contributed by atoms with Gasteiger partial charge in [0.15, 0.2) is 0 Å². The molecule has 0 spiro atoms. The van der Waals surface area contributed by atoms with Crippen LogP contribution in [0.15, 0.2) is 17.5 Å². The zero-order valence-electron chi connectivity index (χ0n) is 8.84. The minimum Gasteiger partial charge on any atom is -0.317 e. The van der Waals surface area contributed by atoms with Crippen molar-refractivity contribution in [2.75, 3.05) is 7.05 Å². The molecule has 2 heteroatoms. The van der Waals surface area contributed by atoms with Crippen LogP contribution < -0.4 is 5.32 Å². The smallest absolute Gasteiger partial charge is 0.0121 e. The highest BCUT2D eigenvalue weighted by molar-refractivity contribution is 7.09. The van der Waals surface area contributed by atoms with Crippen molar-refractivity contribution in [2.45, 2.75) is 32.2 Å². The second-order valence-corrected chi connectivity index (χ2v) is 4.27. The minimum atomic E-state index is 0.564. The Balaban J connectivity index is 2.34. The lowest BCUT2D eigenvalue weighted by atomic mass is 10.1. The number of thiophene rings is 1. The molecule has 0 bridgehead atoms. The van der Waals surface area contributed by atoms with E-state index in [1.807, 2.05) is 25.3 Å². The second-order valence-electron chi connectivity index (χ2n) is 3.23. The molecule has 0 aliphatic carbocycles. The Morgan fingerprint density at radius 3 is 3.00 bits per heavy atom. The summed E-state index contributed by atoms with van der Waals surface area (Å²) in [5, 5.41) is 5.47. The zero-order valence-corrected chi connectivity index (χ0v) is 9.66. The molecule has 0 saturated heterocycles. The third-order valence-electron chi connectivity index (χ3n) is 2.23. The van der Waals surface area contributed by atoms with E-state index >= 15 is 0 Å². The highest BCUT2D eigenvalue weighted by Gasteiger charge is 2.06. The zero-order chi connectivity index (χ0) is 10.2. The van der Waals surface area contributed by atoms with Crippen molar-refractivity contribution in [1.82, 2.24) is 5.32 Å². The monoisotopic (exact) mass is 207 g/mol. The average Bonchev–Trinajstić information content (AvgIpc) is 2.69. The van der Waals surface area contributed by atoms with Crippen LogP contribution in [0.4, 0.5) is 0 Å². The van der Waals surface area contributed by atoms with Crippen molar-refractivity contribution >= 4 is 11.3 Å². The molecule has 14 heavy (non-hydrogen) atoms. The molecule has 1 atom stereocenters. The molecular weight excluding hydrogens is 190 g/mol. The Hall–Kier alpha value is -0.780. The van der Waals surface area contributed by atoms with Crippen LogP contribution in [0.3, 0.4) is 0 Å². The standard InChI is InChI=1S/C12H17NS/c1-3-4-5-7-11(13-2)10-12-8-6-9-14-12/h6,8-9,11,13H,5,7,10H2,1-2H3. The summed E-state index contributed by atoms with van der Waals surface area (Å²) in [7, 11) is 2.03. The molecular formula is C12H17NS. The third kappa shape index (κ3) is 3.95. The van der Waals surface area contributed by atoms with Gasteiger partial charge in [-0.1, -0.05) is 6.07 Å². The molecule has 1 N–H and O–H groups in total. The molecule has 0 radical (unpaired) electrons. The van der Waals surface area contributed by atoms with Crippen LogP contribution in [0, 0.1) is 11.8 Å². The fourth-order valence-electron chi connectivity index (χ4n) is 1.39. The van der Waals surface area contributed by atoms with Gasteiger partial charge in [0.2, 0.25) is 0 Å². The first kappa shape index (κ1) is 11.3. The van der Waals surface area contributed by atoms with Crippen molar-refractivity contribution in [3.8, 4) is 11.8 Å². The SMILES string of the molecule is CC#CCCC(Cc1cccs1)NC. The Kier molecular flexibility index (Phi) is 5.36. The van der Waals surface area contributed by atoms with E-state index in [0.29, 0.717) is 6.04 Å². The Labute approximate surface area is 90.5 Å². The second kappa shape index (κ2) is 6.64. The normalized spacial score (nSPS) is 11.9. The van der Waals surface area contributed by atoms with Crippen molar-refractivity contribution in [2.24, 2.45) is 0 Å². The maximum Gasteiger partial charge on any atom is 0.0121 e. The number of nitrogens with one attached hydrogen (secondary N) is 1. The first-order chi connectivity index (χ1) is 6.86. The molecule has 0 aromatic carbocycles. The summed E-state index contributed by atoms with van der Waals surface area (Å²) in [5.74, 6) is 6.04. The largest absolute Gasteiger partial charge is 0.317 e. The van der Waals surface area contributed by atoms with Crippen LogP contribution in [0.2, 0.25) is 0 Å². The molecule has 0 fully saturated rings. The topological polar surface area (TPSA) is 12.0 Å². The van der Waals surface area contributed by atoms with Gasteiger partial charge in [-0.15, -0.1) is 23.2 Å². The van der Waals surface area contributed by atoms with Gasteiger partial charge in [0.1, 0.15) is 0 Å².